The van der Waals surface area contributed by atoms with Crippen LogP contribution in [0.15, 0.2) is 24.3 Å². The summed E-state index contributed by atoms with van der Waals surface area (Å²) in [4.78, 5) is 45.6. The van der Waals surface area contributed by atoms with E-state index in [0.29, 0.717) is 54.5 Å². The highest BCUT2D eigenvalue weighted by Crippen LogP contribution is 2.28. The van der Waals surface area contributed by atoms with Gasteiger partial charge in [0.2, 0.25) is 11.8 Å². The van der Waals surface area contributed by atoms with E-state index in [2.05, 4.69) is 15.6 Å². The number of carbonyl (C=O) groups is 3. The average molecular weight is 486 g/mol. The van der Waals surface area contributed by atoms with E-state index in [9.17, 15) is 14.4 Å². The van der Waals surface area contributed by atoms with Crippen molar-refractivity contribution in [1.82, 2.24) is 14.8 Å². The molecule has 0 saturated carbocycles. The molecule has 11 heteroatoms. The van der Waals surface area contributed by atoms with E-state index in [1.165, 1.54) is 18.3 Å². The molecule has 1 saturated heterocycles. The molecule has 2 aromatic rings. The lowest BCUT2D eigenvalue weighted by atomic mass is 9.95. The lowest BCUT2D eigenvalue weighted by molar-refractivity contribution is -0.134. The number of amides is 3. The van der Waals surface area contributed by atoms with Gasteiger partial charge in [-0.05, 0) is 43.4 Å². The van der Waals surface area contributed by atoms with Crippen molar-refractivity contribution in [3.05, 3.63) is 40.4 Å². The number of hydrogen-bond acceptors (Lipinski definition) is 6. The molecule has 0 bridgehead atoms. The van der Waals surface area contributed by atoms with Crippen LogP contribution in [-0.2, 0) is 22.4 Å². The fraction of sp³-hybridized carbons (Fsp3) is 0.435. The van der Waals surface area contributed by atoms with Gasteiger partial charge in [-0.15, -0.1) is 0 Å². The van der Waals surface area contributed by atoms with Gasteiger partial charge in [0, 0.05) is 45.7 Å². The van der Waals surface area contributed by atoms with Gasteiger partial charge in [0.1, 0.15) is 4.88 Å². The van der Waals surface area contributed by atoms with Crippen LogP contribution in [0.1, 0.15) is 40.7 Å². The van der Waals surface area contributed by atoms with Crippen LogP contribution in [0.25, 0.3) is 0 Å². The summed E-state index contributed by atoms with van der Waals surface area (Å²) in [5.41, 5.74) is 7.78. The Morgan fingerprint density at radius 3 is 2.35 bits per heavy atom. The molecule has 0 aliphatic carbocycles. The van der Waals surface area contributed by atoms with Crippen molar-refractivity contribution < 1.29 is 14.4 Å². The van der Waals surface area contributed by atoms with Crippen LogP contribution >= 0.6 is 11.3 Å². The van der Waals surface area contributed by atoms with Crippen LogP contribution in [0.3, 0.4) is 0 Å². The van der Waals surface area contributed by atoms with Gasteiger partial charge in [0.15, 0.2) is 11.1 Å². The number of aryl methyl sites for hydroxylation is 2. The maximum Gasteiger partial charge on any atom is 0.265 e. The van der Waals surface area contributed by atoms with Crippen LogP contribution in [0.2, 0.25) is 0 Å². The Morgan fingerprint density at radius 2 is 1.79 bits per heavy atom. The SMILES string of the molecule is CC(=O)Nc1nc(CCc2ccc(NC(=N)N)cc2)c(C(=O)N2CCC(C(=O)N(C)C)CC2)s1. The smallest absolute Gasteiger partial charge is 0.265 e. The number of nitrogens with two attached hydrogens (primary N) is 1. The standard InChI is InChI=1S/C23H31N7O3S/c1-14(31)26-23-28-18(9-6-15-4-7-17(8-5-15)27-22(24)25)19(34-23)21(33)30-12-10-16(11-13-30)20(32)29(2)3/h4-5,7-8,16H,6,9-13H2,1-3H3,(H4,24,25,27)(H,26,28,31). The van der Waals surface area contributed by atoms with Crippen molar-refractivity contribution in [2.75, 3.05) is 37.8 Å². The molecule has 1 aliphatic rings. The van der Waals surface area contributed by atoms with Crippen LogP contribution in [0.5, 0.6) is 0 Å². The van der Waals surface area contributed by atoms with E-state index in [0.717, 1.165) is 11.3 Å². The van der Waals surface area contributed by atoms with Gasteiger partial charge < -0.3 is 26.2 Å². The van der Waals surface area contributed by atoms with E-state index < -0.39 is 0 Å². The number of nitrogens with one attached hydrogen (secondary N) is 3. The van der Waals surface area contributed by atoms with E-state index in [-0.39, 0.29) is 29.6 Å². The molecule has 1 aliphatic heterocycles. The molecule has 0 spiro atoms. The van der Waals surface area contributed by atoms with Gasteiger partial charge in [-0.25, -0.2) is 4.98 Å². The Balaban J connectivity index is 1.71. The summed E-state index contributed by atoms with van der Waals surface area (Å²) in [6.07, 6.45) is 2.46. The van der Waals surface area contributed by atoms with Gasteiger partial charge in [-0.3, -0.25) is 19.8 Å². The minimum absolute atomic E-state index is 0.0598. The average Bonchev–Trinajstić information content (AvgIpc) is 3.19. The normalized spacial score (nSPS) is 13.9. The second kappa shape index (κ2) is 11.1. The lowest BCUT2D eigenvalue weighted by Crippen LogP contribution is -2.42. The largest absolute Gasteiger partial charge is 0.370 e. The molecule has 10 nitrogen and oxygen atoms in total. The molecular weight excluding hydrogens is 454 g/mol. The first kappa shape index (κ1) is 25.2. The Bertz CT molecular complexity index is 1060. The van der Waals surface area contributed by atoms with Gasteiger partial charge in [0.05, 0.1) is 5.69 Å². The number of likely N-dealkylation sites (tertiary alicyclic amines) is 1. The van der Waals surface area contributed by atoms with Crippen molar-refractivity contribution in [3.63, 3.8) is 0 Å². The first-order chi connectivity index (χ1) is 16.1. The van der Waals surface area contributed by atoms with Gasteiger partial charge in [-0.2, -0.15) is 0 Å². The molecule has 0 atom stereocenters. The molecule has 5 N–H and O–H groups in total. The third-order valence-electron chi connectivity index (χ3n) is 5.63. The number of thiazole rings is 1. The number of piperidine rings is 1. The summed E-state index contributed by atoms with van der Waals surface area (Å²) in [5.74, 6) is -0.436. The maximum absolute atomic E-state index is 13.3. The number of rotatable bonds is 7. The Morgan fingerprint density at radius 1 is 1.15 bits per heavy atom. The molecule has 1 fully saturated rings. The van der Waals surface area contributed by atoms with Crippen molar-refractivity contribution in [3.8, 4) is 0 Å². The van der Waals surface area contributed by atoms with Crippen LogP contribution in [0, 0.1) is 11.3 Å². The topological polar surface area (TPSA) is 145 Å². The molecule has 1 aromatic carbocycles. The van der Waals surface area contributed by atoms with Crippen LogP contribution in [-0.4, -0.2) is 65.6 Å². The van der Waals surface area contributed by atoms with Gasteiger partial charge in [0.25, 0.3) is 5.91 Å². The quantitative estimate of drug-likeness (QED) is 0.349. The summed E-state index contributed by atoms with van der Waals surface area (Å²) in [5, 5.41) is 13.1. The summed E-state index contributed by atoms with van der Waals surface area (Å²) < 4.78 is 0. The Labute approximate surface area is 203 Å². The zero-order valence-corrected chi connectivity index (χ0v) is 20.5. The fourth-order valence-corrected chi connectivity index (χ4v) is 4.93. The minimum atomic E-state index is -0.240. The molecule has 3 amide bonds. The predicted molar refractivity (Wildman–Crippen MR) is 133 cm³/mol. The number of anilines is 2. The Kier molecular flexibility index (Phi) is 8.21. The zero-order chi connectivity index (χ0) is 24.8. The van der Waals surface area contributed by atoms with E-state index in [4.69, 9.17) is 11.1 Å². The van der Waals surface area contributed by atoms with Gasteiger partial charge >= 0.3 is 0 Å². The summed E-state index contributed by atoms with van der Waals surface area (Å²) in [7, 11) is 3.50. The second-order valence-corrected chi connectivity index (χ2v) is 9.51. The number of guanidine groups is 1. The lowest BCUT2D eigenvalue weighted by Gasteiger charge is -2.32. The number of hydrogen-bond donors (Lipinski definition) is 4. The molecule has 2 heterocycles. The van der Waals surface area contributed by atoms with Crippen molar-refractivity contribution >= 4 is 45.8 Å². The summed E-state index contributed by atoms with van der Waals surface area (Å²) in [6, 6.07) is 7.54. The fourth-order valence-electron chi connectivity index (χ4n) is 3.90. The van der Waals surface area contributed by atoms with Crippen LogP contribution < -0.4 is 16.4 Å². The maximum atomic E-state index is 13.3. The van der Waals surface area contributed by atoms with Crippen molar-refractivity contribution in [2.45, 2.75) is 32.6 Å². The first-order valence-corrected chi connectivity index (χ1v) is 11.9. The number of aromatic nitrogens is 1. The minimum Gasteiger partial charge on any atom is -0.370 e. The molecule has 34 heavy (non-hydrogen) atoms. The van der Waals surface area contributed by atoms with E-state index in [1.54, 1.807) is 23.9 Å². The highest BCUT2D eigenvalue weighted by atomic mass is 32.1. The third kappa shape index (κ3) is 6.53. The highest BCUT2D eigenvalue weighted by Gasteiger charge is 2.30. The summed E-state index contributed by atoms with van der Waals surface area (Å²) >= 11 is 1.19. The molecule has 0 radical (unpaired) electrons. The zero-order valence-electron chi connectivity index (χ0n) is 19.7. The predicted octanol–water partition coefficient (Wildman–Crippen LogP) is 2.13. The van der Waals surface area contributed by atoms with Crippen molar-refractivity contribution in [1.29, 1.82) is 5.41 Å². The molecule has 1 aromatic heterocycles. The Hall–Kier alpha value is -3.47. The number of carbonyl (C=O) groups excluding carboxylic acids is 3. The molecule has 182 valence electrons. The molecule has 3 rings (SSSR count). The van der Waals surface area contributed by atoms with Crippen molar-refractivity contribution in [2.24, 2.45) is 11.7 Å². The number of benzene rings is 1. The third-order valence-corrected chi connectivity index (χ3v) is 6.63. The second-order valence-electron chi connectivity index (χ2n) is 8.51. The van der Waals surface area contributed by atoms with E-state index >= 15 is 0 Å². The first-order valence-electron chi connectivity index (χ1n) is 11.1. The molecular formula is C23H31N7O3S. The van der Waals surface area contributed by atoms with Gasteiger partial charge in [-0.1, -0.05) is 23.5 Å². The summed E-state index contributed by atoms with van der Waals surface area (Å²) in [6.45, 7) is 2.44. The highest BCUT2D eigenvalue weighted by molar-refractivity contribution is 7.17. The monoisotopic (exact) mass is 485 g/mol. The molecule has 0 unspecified atom stereocenters. The van der Waals surface area contributed by atoms with Crippen LogP contribution in [0.4, 0.5) is 10.8 Å². The number of nitrogens with zero attached hydrogens (tertiary/aromatic N) is 3. The van der Waals surface area contributed by atoms with E-state index in [1.807, 2.05) is 24.3 Å².